The summed E-state index contributed by atoms with van der Waals surface area (Å²) in [6, 6.07) is 13.0. The third kappa shape index (κ3) is 4.10. The fourth-order valence-corrected chi connectivity index (χ4v) is 4.50. The normalized spacial score (nSPS) is 22.0. The summed E-state index contributed by atoms with van der Waals surface area (Å²) in [5.41, 5.74) is -1.07. The first kappa shape index (κ1) is 21.2. The quantitative estimate of drug-likeness (QED) is 0.690. The number of nitrogens with zero attached hydrogens (tertiary/aromatic N) is 1. The lowest BCUT2D eigenvalue weighted by Crippen LogP contribution is -2.63. The lowest BCUT2D eigenvalue weighted by molar-refractivity contribution is -0.141. The van der Waals surface area contributed by atoms with Crippen LogP contribution in [-0.4, -0.2) is 30.2 Å². The smallest absolute Gasteiger partial charge is 0.329 e. The molecule has 0 spiro atoms. The number of urea groups is 1. The Morgan fingerprint density at radius 2 is 1.81 bits per heavy atom. The van der Waals surface area contributed by atoms with Gasteiger partial charge in [0.1, 0.15) is 5.75 Å². The van der Waals surface area contributed by atoms with Gasteiger partial charge >= 0.3 is 6.03 Å². The predicted octanol–water partition coefficient (Wildman–Crippen LogP) is 4.12. The van der Waals surface area contributed by atoms with Crippen LogP contribution < -0.4 is 20.3 Å². The van der Waals surface area contributed by atoms with Gasteiger partial charge in [0.05, 0.1) is 18.5 Å². The van der Waals surface area contributed by atoms with E-state index in [9.17, 15) is 14.7 Å². The van der Waals surface area contributed by atoms with Crippen LogP contribution in [0.25, 0.3) is 0 Å². The number of hydrogen-bond acceptors (Lipinski definition) is 4. The van der Waals surface area contributed by atoms with Crippen molar-refractivity contribution in [1.29, 1.82) is 0 Å². The van der Waals surface area contributed by atoms with Crippen LogP contribution in [0, 0.1) is 0 Å². The van der Waals surface area contributed by atoms with Gasteiger partial charge in [0.15, 0.2) is 0 Å². The summed E-state index contributed by atoms with van der Waals surface area (Å²) < 4.78 is 5.29. The second kappa shape index (κ2) is 8.98. The molecule has 1 saturated carbocycles. The Hall–Kier alpha value is -3.06. The van der Waals surface area contributed by atoms with Crippen molar-refractivity contribution >= 4 is 23.3 Å². The number of nitrogens with one attached hydrogen (secondary N) is 2. The number of carbonyl (C=O) groups is 2. The summed E-state index contributed by atoms with van der Waals surface area (Å²) in [4.78, 5) is 27.8. The van der Waals surface area contributed by atoms with Crippen LogP contribution >= 0.6 is 0 Å². The first-order valence-corrected chi connectivity index (χ1v) is 10.9. The van der Waals surface area contributed by atoms with Gasteiger partial charge in [0.2, 0.25) is 0 Å². The SMILES string of the molecule is COc1cccc(N2C(=O)Nc3ccccc3[C@@]2(O)C(=O)NC2CCCCCCC2)c1. The maximum absolute atomic E-state index is 13.6. The number of amides is 3. The number of carbonyl (C=O) groups excluding carboxylic acids is 2. The fraction of sp³-hybridized carbons (Fsp3) is 0.417. The van der Waals surface area contributed by atoms with Gasteiger partial charge in [-0.2, -0.15) is 0 Å². The fourth-order valence-electron chi connectivity index (χ4n) is 4.50. The number of hydrogen-bond donors (Lipinski definition) is 3. The topological polar surface area (TPSA) is 90.9 Å². The molecule has 2 aromatic rings. The van der Waals surface area contributed by atoms with Gasteiger partial charge in [-0.1, -0.05) is 56.4 Å². The summed E-state index contributed by atoms with van der Waals surface area (Å²) in [6.07, 6.45) is 7.35. The third-order valence-electron chi connectivity index (χ3n) is 6.14. The van der Waals surface area contributed by atoms with Crippen molar-refractivity contribution < 1.29 is 19.4 Å². The van der Waals surface area contributed by atoms with Crippen molar-refractivity contribution in [3.05, 3.63) is 54.1 Å². The van der Waals surface area contributed by atoms with Crippen molar-refractivity contribution in [1.82, 2.24) is 5.32 Å². The number of para-hydroxylation sites is 1. The van der Waals surface area contributed by atoms with Gasteiger partial charge in [-0.25, -0.2) is 4.79 Å². The minimum absolute atomic E-state index is 0.0267. The van der Waals surface area contributed by atoms with Crippen molar-refractivity contribution in [2.75, 3.05) is 17.3 Å². The van der Waals surface area contributed by atoms with Crippen LogP contribution in [0.5, 0.6) is 5.75 Å². The molecule has 1 atom stereocenters. The highest BCUT2D eigenvalue weighted by molar-refractivity contribution is 6.11. The van der Waals surface area contributed by atoms with Crippen molar-refractivity contribution in [3.8, 4) is 5.75 Å². The molecule has 1 fully saturated rings. The van der Waals surface area contributed by atoms with E-state index in [1.165, 1.54) is 13.5 Å². The van der Waals surface area contributed by atoms with Crippen LogP contribution in [0.15, 0.2) is 48.5 Å². The van der Waals surface area contributed by atoms with E-state index in [4.69, 9.17) is 4.74 Å². The highest BCUT2D eigenvalue weighted by Gasteiger charge is 2.52. The Labute approximate surface area is 182 Å². The Bertz CT molecular complexity index is 955. The number of anilines is 2. The molecular formula is C24H29N3O4. The van der Waals surface area contributed by atoms with Crippen LogP contribution in [0.1, 0.15) is 50.5 Å². The average Bonchev–Trinajstić information content (AvgIpc) is 2.75. The Morgan fingerprint density at radius 3 is 2.55 bits per heavy atom. The zero-order valence-electron chi connectivity index (χ0n) is 17.8. The molecule has 3 N–H and O–H groups in total. The van der Waals surface area contributed by atoms with E-state index in [0.717, 1.165) is 43.4 Å². The van der Waals surface area contributed by atoms with E-state index < -0.39 is 17.7 Å². The molecule has 3 amide bonds. The monoisotopic (exact) mass is 423 g/mol. The van der Waals surface area contributed by atoms with E-state index >= 15 is 0 Å². The molecule has 7 nitrogen and oxygen atoms in total. The Morgan fingerprint density at radius 1 is 1.10 bits per heavy atom. The Balaban J connectivity index is 1.74. The number of benzene rings is 2. The van der Waals surface area contributed by atoms with Gasteiger partial charge in [0, 0.05) is 17.7 Å². The third-order valence-corrected chi connectivity index (χ3v) is 6.14. The molecule has 1 aliphatic carbocycles. The van der Waals surface area contributed by atoms with Gasteiger partial charge in [-0.05, 0) is 31.0 Å². The van der Waals surface area contributed by atoms with Gasteiger partial charge in [-0.15, -0.1) is 0 Å². The molecular weight excluding hydrogens is 394 g/mol. The van der Waals surface area contributed by atoms with Crippen molar-refractivity contribution in [2.45, 2.75) is 56.7 Å². The molecule has 0 aromatic heterocycles. The predicted molar refractivity (Wildman–Crippen MR) is 119 cm³/mol. The van der Waals surface area contributed by atoms with E-state index in [-0.39, 0.29) is 6.04 Å². The van der Waals surface area contributed by atoms with E-state index in [2.05, 4.69) is 10.6 Å². The van der Waals surface area contributed by atoms with Gasteiger partial charge < -0.3 is 20.5 Å². The van der Waals surface area contributed by atoms with E-state index in [1.54, 1.807) is 48.5 Å². The molecule has 0 radical (unpaired) electrons. The number of ether oxygens (including phenoxy) is 1. The molecule has 1 heterocycles. The number of methoxy groups -OCH3 is 1. The number of rotatable bonds is 4. The Kier molecular flexibility index (Phi) is 6.13. The molecule has 0 saturated heterocycles. The molecule has 0 unspecified atom stereocenters. The molecule has 164 valence electrons. The highest BCUT2D eigenvalue weighted by Crippen LogP contribution is 2.40. The van der Waals surface area contributed by atoms with E-state index in [0.29, 0.717) is 22.7 Å². The second-order valence-electron chi connectivity index (χ2n) is 8.20. The maximum atomic E-state index is 13.6. The number of aliphatic hydroxyl groups is 1. The summed E-state index contributed by atoms with van der Waals surface area (Å²) >= 11 is 0. The summed E-state index contributed by atoms with van der Waals surface area (Å²) in [5, 5.41) is 17.7. The number of fused-ring (bicyclic) bond motifs is 1. The molecule has 2 aliphatic rings. The molecule has 1 aliphatic heterocycles. The lowest BCUT2D eigenvalue weighted by Gasteiger charge is -2.43. The van der Waals surface area contributed by atoms with Crippen LogP contribution in [0.3, 0.4) is 0 Å². The zero-order chi connectivity index (χ0) is 21.8. The average molecular weight is 424 g/mol. The largest absolute Gasteiger partial charge is 0.497 e. The second-order valence-corrected chi connectivity index (χ2v) is 8.20. The molecule has 2 aromatic carbocycles. The maximum Gasteiger partial charge on any atom is 0.329 e. The molecule has 7 heteroatoms. The van der Waals surface area contributed by atoms with Crippen molar-refractivity contribution in [2.24, 2.45) is 0 Å². The first-order valence-electron chi connectivity index (χ1n) is 10.9. The molecule has 0 bridgehead atoms. The van der Waals surface area contributed by atoms with Crippen LogP contribution in [0.4, 0.5) is 16.2 Å². The van der Waals surface area contributed by atoms with E-state index in [1.807, 2.05) is 0 Å². The highest BCUT2D eigenvalue weighted by atomic mass is 16.5. The first-order chi connectivity index (χ1) is 15.0. The van der Waals surface area contributed by atoms with Gasteiger partial charge in [0.25, 0.3) is 11.6 Å². The lowest BCUT2D eigenvalue weighted by atomic mass is 9.92. The minimum Gasteiger partial charge on any atom is -0.497 e. The summed E-state index contributed by atoms with van der Waals surface area (Å²) in [7, 11) is 1.53. The summed E-state index contributed by atoms with van der Waals surface area (Å²) in [6.45, 7) is 0. The van der Waals surface area contributed by atoms with Crippen molar-refractivity contribution in [3.63, 3.8) is 0 Å². The summed E-state index contributed by atoms with van der Waals surface area (Å²) in [5.74, 6) is -0.0740. The van der Waals surface area contributed by atoms with Crippen LogP contribution in [0.2, 0.25) is 0 Å². The molecule has 4 rings (SSSR count). The molecule has 31 heavy (non-hydrogen) atoms. The van der Waals surface area contributed by atoms with Gasteiger partial charge in [-0.3, -0.25) is 9.69 Å². The zero-order valence-corrected chi connectivity index (χ0v) is 17.8. The standard InChI is InChI=1S/C24H29N3O4/c1-31-19-13-9-12-18(16-19)27-23(29)26-21-15-8-7-14-20(21)24(27,30)22(28)25-17-10-5-3-2-4-6-11-17/h7-9,12-17,30H,2-6,10-11H2,1H3,(H,25,28)(H,26,29)/t24-/m1/s1. The van der Waals surface area contributed by atoms with Crippen LogP contribution in [-0.2, 0) is 10.5 Å². The minimum atomic E-state index is -2.19.